The quantitative estimate of drug-likeness (QED) is 0.716. The van der Waals surface area contributed by atoms with Crippen LogP contribution in [0.4, 0.5) is 0 Å². The molecule has 0 spiro atoms. The van der Waals surface area contributed by atoms with Gasteiger partial charge in [-0.25, -0.2) is 0 Å². The molecular weight excluding hydrogens is 314 g/mol. The first-order valence-electron chi connectivity index (χ1n) is 10.2. The number of hydrogen-bond acceptors (Lipinski definition) is 4. The Labute approximate surface area is 150 Å². The van der Waals surface area contributed by atoms with E-state index >= 15 is 0 Å². The summed E-state index contributed by atoms with van der Waals surface area (Å²) in [5, 5.41) is 14.7. The standard InChI is InChI=1S/C21H31NO3/c1-14-8-18(25-22-14)6-4-2-3-5-7-19(23)21-12-15-9-16(13-21)11-17(10-15)20(21)24/h8,15-17,20,24H,2-7,9-13H2,1H3. The summed E-state index contributed by atoms with van der Waals surface area (Å²) in [7, 11) is 0. The fraction of sp³-hybridized carbons (Fsp3) is 0.810. The molecule has 4 heteroatoms. The van der Waals surface area contributed by atoms with Crippen LogP contribution in [0.15, 0.2) is 10.6 Å². The predicted octanol–water partition coefficient (Wildman–Crippen LogP) is 4.23. The monoisotopic (exact) mass is 345 g/mol. The molecule has 0 saturated heterocycles. The maximum atomic E-state index is 13.0. The van der Waals surface area contributed by atoms with E-state index in [-0.39, 0.29) is 11.5 Å². The molecule has 1 aromatic rings. The highest BCUT2D eigenvalue weighted by molar-refractivity contribution is 5.86. The number of aliphatic hydroxyl groups excluding tert-OH is 1. The van der Waals surface area contributed by atoms with Crippen molar-refractivity contribution in [1.82, 2.24) is 5.16 Å². The molecule has 0 aromatic carbocycles. The van der Waals surface area contributed by atoms with Gasteiger partial charge in [0.1, 0.15) is 11.5 Å². The van der Waals surface area contributed by atoms with E-state index in [0.717, 1.165) is 69.2 Å². The molecule has 4 aliphatic carbocycles. The van der Waals surface area contributed by atoms with E-state index in [1.165, 1.54) is 6.42 Å². The molecule has 4 saturated carbocycles. The second kappa shape index (κ2) is 6.86. The Kier molecular flexibility index (Phi) is 4.74. The lowest BCUT2D eigenvalue weighted by atomic mass is 9.47. The van der Waals surface area contributed by atoms with Crippen molar-refractivity contribution in [2.75, 3.05) is 0 Å². The molecule has 25 heavy (non-hydrogen) atoms. The van der Waals surface area contributed by atoms with E-state index in [2.05, 4.69) is 5.16 Å². The minimum atomic E-state index is -0.369. The molecule has 0 aliphatic heterocycles. The summed E-state index contributed by atoms with van der Waals surface area (Å²) in [6, 6.07) is 2.00. The number of carbonyl (C=O) groups is 1. The smallest absolute Gasteiger partial charge is 0.141 e. The third-order valence-corrected chi connectivity index (χ3v) is 7.07. The maximum absolute atomic E-state index is 13.0. The van der Waals surface area contributed by atoms with Gasteiger partial charge in [-0.1, -0.05) is 18.0 Å². The van der Waals surface area contributed by atoms with Crippen LogP contribution in [0.3, 0.4) is 0 Å². The van der Waals surface area contributed by atoms with Crippen LogP contribution < -0.4 is 0 Å². The SMILES string of the molecule is Cc1cc(CCCCCCC(=O)C23CC4CC(CC(C4)C2O)C3)on1. The maximum Gasteiger partial charge on any atom is 0.141 e. The highest BCUT2D eigenvalue weighted by Crippen LogP contribution is 2.60. The summed E-state index contributed by atoms with van der Waals surface area (Å²) in [6.45, 7) is 1.94. The lowest BCUT2D eigenvalue weighted by Crippen LogP contribution is -2.59. The largest absolute Gasteiger partial charge is 0.392 e. The summed E-state index contributed by atoms with van der Waals surface area (Å²) in [5.74, 6) is 3.14. The average molecular weight is 345 g/mol. The van der Waals surface area contributed by atoms with Crippen molar-refractivity contribution in [3.05, 3.63) is 17.5 Å². The molecule has 138 valence electrons. The van der Waals surface area contributed by atoms with Crippen molar-refractivity contribution in [3.63, 3.8) is 0 Å². The number of carbonyl (C=O) groups excluding carboxylic acids is 1. The summed E-state index contributed by atoms with van der Waals surface area (Å²) in [5.41, 5.74) is 0.571. The van der Waals surface area contributed by atoms with Crippen LogP contribution in [0.2, 0.25) is 0 Å². The first kappa shape index (κ1) is 17.3. The minimum absolute atomic E-state index is 0.359. The minimum Gasteiger partial charge on any atom is -0.392 e. The van der Waals surface area contributed by atoms with Crippen LogP contribution in [0.25, 0.3) is 0 Å². The van der Waals surface area contributed by atoms with Gasteiger partial charge in [-0.15, -0.1) is 0 Å². The Hall–Kier alpha value is -1.16. The number of aromatic nitrogens is 1. The lowest BCUT2D eigenvalue weighted by molar-refractivity contribution is -0.174. The van der Waals surface area contributed by atoms with Crippen LogP contribution in [-0.4, -0.2) is 22.2 Å². The van der Waals surface area contributed by atoms with Crippen LogP contribution in [0.5, 0.6) is 0 Å². The first-order valence-corrected chi connectivity index (χ1v) is 10.2. The number of aliphatic hydroxyl groups is 1. The highest BCUT2D eigenvalue weighted by Gasteiger charge is 2.59. The molecule has 4 aliphatic rings. The van der Waals surface area contributed by atoms with Crippen molar-refractivity contribution >= 4 is 5.78 Å². The van der Waals surface area contributed by atoms with E-state index in [0.29, 0.717) is 30.0 Å². The van der Waals surface area contributed by atoms with Gasteiger partial charge in [-0.3, -0.25) is 4.79 Å². The van der Waals surface area contributed by atoms with Crippen molar-refractivity contribution in [3.8, 4) is 0 Å². The molecule has 1 heterocycles. The van der Waals surface area contributed by atoms with Gasteiger partial charge < -0.3 is 9.63 Å². The molecule has 4 nitrogen and oxygen atoms in total. The summed E-state index contributed by atoms with van der Waals surface area (Å²) >= 11 is 0. The van der Waals surface area contributed by atoms with Gasteiger partial charge in [0.15, 0.2) is 0 Å². The van der Waals surface area contributed by atoms with Gasteiger partial charge in [-0.05, 0) is 69.6 Å². The highest BCUT2D eigenvalue weighted by atomic mass is 16.5. The molecule has 1 aromatic heterocycles. The molecule has 4 fully saturated rings. The fourth-order valence-corrected chi connectivity index (χ4v) is 6.13. The van der Waals surface area contributed by atoms with Gasteiger partial charge in [-0.2, -0.15) is 0 Å². The van der Waals surface area contributed by atoms with E-state index in [9.17, 15) is 9.90 Å². The zero-order valence-corrected chi connectivity index (χ0v) is 15.4. The van der Waals surface area contributed by atoms with E-state index in [4.69, 9.17) is 4.52 Å². The Balaban J connectivity index is 1.21. The predicted molar refractivity (Wildman–Crippen MR) is 95.0 cm³/mol. The number of nitrogens with zero attached hydrogens (tertiary/aromatic N) is 1. The van der Waals surface area contributed by atoms with E-state index in [1.807, 2.05) is 13.0 Å². The fourth-order valence-electron chi connectivity index (χ4n) is 6.13. The summed E-state index contributed by atoms with van der Waals surface area (Å²) in [6.07, 6.45) is 11.0. The van der Waals surface area contributed by atoms with Crippen LogP contribution in [-0.2, 0) is 11.2 Å². The molecule has 0 radical (unpaired) electrons. The lowest BCUT2D eigenvalue weighted by Gasteiger charge is -2.58. The number of ketones is 1. The third-order valence-electron chi connectivity index (χ3n) is 7.07. The molecule has 0 amide bonds. The molecule has 3 unspecified atom stereocenters. The zero-order chi connectivity index (χ0) is 17.4. The summed E-state index contributed by atoms with van der Waals surface area (Å²) < 4.78 is 5.23. The first-order chi connectivity index (χ1) is 12.1. The Morgan fingerprint density at radius 2 is 1.92 bits per heavy atom. The average Bonchev–Trinajstić information content (AvgIpc) is 3.00. The number of Topliss-reactive ketones (excluding diaryl/α,β-unsaturated/α-hetero) is 1. The zero-order valence-electron chi connectivity index (χ0n) is 15.4. The Bertz CT molecular complexity index is 608. The van der Waals surface area contributed by atoms with E-state index < -0.39 is 0 Å². The summed E-state index contributed by atoms with van der Waals surface area (Å²) in [4.78, 5) is 13.0. The van der Waals surface area contributed by atoms with Gasteiger partial charge in [0, 0.05) is 18.9 Å². The van der Waals surface area contributed by atoms with Crippen molar-refractivity contribution in [2.45, 2.75) is 83.7 Å². The topological polar surface area (TPSA) is 63.3 Å². The molecule has 5 rings (SSSR count). The number of unbranched alkanes of at least 4 members (excludes halogenated alkanes) is 3. The number of rotatable bonds is 8. The number of hydrogen-bond donors (Lipinski definition) is 1. The Morgan fingerprint density at radius 3 is 2.60 bits per heavy atom. The normalized spacial score (nSPS) is 36.1. The second-order valence-electron chi connectivity index (χ2n) is 8.98. The molecule has 1 N–H and O–H groups in total. The van der Waals surface area contributed by atoms with Crippen molar-refractivity contribution in [1.29, 1.82) is 0 Å². The van der Waals surface area contributed by atoms with Crippen LogP contribution in [0.1, 0.15) is 75.7 Å². The Morgan fingerprint density at radius 1 is 1.20 bits per heavy atom. The van der Waals surface area contributed by atoms with Gasteiger partial charge >= 0.3 is 0 Å². The second-order valence-corrected chi connectivity index (χ2v) is 8.98. The van der Waals surface area contributed by atoms with Crippen LogP contribution in [0, 0.1) is 30.1 Å². The van der Waals surface area contributed by atoms with Gasteiger partial charge in [0.2, 0.25) is 0 Å². The van der Waals surface area contributed by atoms with Crippen LogP contribution >= 0.6 is 0 Å². The third kappa shape index (κ3) is 3.30. The van der Waals surface area contributed by atoms with Gasteiger partial charge in [0.25, 0.3) is 0 Å². The number of aryl methyl sites for hydroxylation is 2. The molecule has 4 bridgehead atoms. The molecular formula is C21H31NO3. The molecule has 3 atom stereocenters. The van der Waals surface area contributed by atoms with E-state index in [1.54, 1.807) is 0 Å². The van der Waals surface area contributed by atoms with Crippen molar-refractivity contribution < 1.29 is 14.4 Å². The van der Waals surface area contributed by atoms with Gasteiger partial charge in [0.05, 0.1) is 17.2 Å². The van der Waals surface area contributed by atoms with Crippen molar-refractivity contribution in [2.24, 2.45) is 23.2 Å².